The summed E-state index contributed by atoms with van der Waals surface area (Å²) in [6.45, 7) is 0. The summed E-state index contributed by atoms with van der Waals surface area (Å²) in [5.41, 5.74) is 3.85. The second-order valence-electron chi connectivity index (χ2n) is 4.57. The SMILES string of the molecule is Cn1ccc2c1CCC(=Cc1cccnc1)C2=O. The zero-order valence-electron chi connectivity index (χ0n) is 10.3. The molecule has 0 radical (unpaired) electrons. The number of carbonyl (C=O) groups excluding carboxylic acids is 1. The van der Waals surface area contributed by atoms with E-state index >= 15 is 0 Å². The van der Waals surface area contributed by atoms with Crippen molar-refractivity contribution in [2.75, 3.05) is 0 Å². The van der Waals surface area contributed by atoms with Crippen LogP contribution in [0.25, 0.3) is 6.08 Å². The molecule has 1 aliphatic rings. The van der Waals surface area contributed by atoms with Gasteiger partial charge in [-0.1, -0.05) is 6.07 Å². The largest absolute Gasteiger partial charge is 0.354 e. The topological polar surface area (TPSA) is 34.9 Å². The molecule has 0 bridgehead atoms. The van der Waals surface area contributed by atoms with Gasteiger partial charge in [-0.15, -0.1) is 0 Å². The highest BCUT2D eigenvalue weighted by Gasteiger charge is 2.23. The molecule has 3 heteroatoms. The number of aryl methyl sites for hydroxylation is 1. The van der Waals surface area contributed by atoms with Crippen LogP contribution in [-0.4, -0.2) is 15.3 Å². The summed E-state index contributed by atoms with van der Waals surface area (Å²) >= 11 is 0. The molecule has 0 atom stereocenters. The smallest absolute Gasteiger partial charge is 0.190 e. The standard InChI is InChI=1S/C15H14N2O/c1-17-8-6-13-14(17)5-4-12(15(13)18)9-11-3-2-7-16-10-11/h2-3,6-10H,4-5H2,1H3. The highest BCUT2D eigenvalue weighted by atomic mass is 16.1. The van der Waals surface area contributed by atoms with E-state index in [1.54, 1.807) is 12.4 Å². The van der Waals surface area contributed by atoms with Gasteiger partial charge < -0.3 is 4.57 Å². The Hall–Kier alpha value is -2.16. The summed E-state index contributed by atoms with van der Waals surface area (Å²) in [6.07, 6.45) is 9.15. The van der Waals surface area contributed by atoms with Crippen LogP contribution in [0.4, 0.5) is 0 Å². The number of rotatable bonds is 1. The minimum absolute atomic E-state index is 0.153. The fraction of sp³-hybridized carbons (Fsp3) is 0.200. The number of hydrogen-bond donors (Lipinski definition) is 0. The maximum atomic E-state index is 12.3. The molecule has 0 aromatic carbocycles. The molecular formula is C15H14N2O. The van der Waals surface area contributed by atoms with Gasteiger partial charge >= 0.3 is 0 Å². The van der Waals surface area contributed by atoms with Crippen molar-refractivity contribution in [3.05, 3.63) is 59.2 Å². The van der Waals surface area contributed by atoms with Crippen molar-refractivity contribution in [2.45, 2.75) is 12.8 Å². The minimum atomic E-state index is 0.153. The second-order valence-corrected chi connectivity index (χ2v) is 4.57. The summed E-state index contributed by atoms with van der Waals surface area (Å²) in [6, 6.07) is 5.76. The minimum Gasteiger partial charge on any atom is -0.354 e. The van der Waals surface area contributed by atoms with E-state index < -0.39 is 0 Å². The molecule has 0 saturated heterocycles. The predicted octanol–water partition coefficient (Wildman–Crippen LogP) is 2.63. The van der Waals surface area contributed by atoms with Gasteiger partial charge in [0.2, 0.25) is 0 Å². The molecule has 1 aliphatic carbocycles. The van der Waals surface area contributed by atoms with E-state index in [1.165, 1.54) is 0 Å². The van der Waals surface area contributed by atoms with Crippen molar-refractivity contribution in [1.82, 2.24) is 9.55 Å². The molecule has 2 aromatic rings. The lowest BCUT2D eigenvalue weighted by atomic mass is 9.90. The summed E-state index contributed by atoms with van der Waals surface area (Å²) in [7, 11) is 1.99. The molecule has 0 aliphatic heterocycles. The lowest BCUT2D eigenvalue weighted by Gasteiger charge is -2.15. The Balaban J connectivity index is 1.98. The molecule has 3 rings (SSSR count). The van der Waals surface area contributed by atoms with Crippen molar-refractivity contribution in [1.29, 1.82) is 0 Å². The molecule has 0 unspecified atom stereocenters. The lowest BCUT2D eigenvalue weighted by molar-refractivity contribution is 0.102. The maximum absolute atomic E-state index is 12.3. The summed E-state index contributed by atoms with van der Waals surface area (Å²) < 4.78 is 2.04. The van der Waals surface area contributed by atoms with Gasteiger partial charge in [0.15, 0.2) is 5.78 Å². The highest BCUT2D eigenvalue weighted by molar-refractivity contribution is 6.13. The first-order valence-corrected chi connectivity index (χ1v) is 6.05. The predicted molar refractivity (Wildman–Crippen MR) is 70.3 cm³/mol. The maximum Gasteiger partial charge on any atom is 0.190 e. The van der Waals surface area contributed by atoms with E-state index in [4.69, 9.17) is 0 Å². The van der Waals surface area contributed by atoms with Gasteiger partial charge in [0.25, 0.3) is 0 Å². The van der Waals surface area contributed by atoms with Gasteiger partial charge in [0, 0.05) is 42.5 Å². The van der Waals surface area contributed by atoms with Crippen LogP contribution in [0.15, 0.2) is 42.4 Å². The molecule has 2 aromatic heterocycles. The molecule has 3 nitrogen and oxygen atoms in total. The van der Waals surface area contributed by atoms with E-state index in [0.717, 1.165) is 35.2 Å². The first kappa shape index (κ1) is 11.0. The van der Waals surface area contributed by atoms with Gasteiger partial charge in [-0.2, -0.15) is 0 Å². The number of nitrogens with zero attached hydrogens (tertiary/aromatic N) is 2. The second kappa shape index (κ2) is 4.26. The number of allylic oxidation sites excluding steroid dienone is 1. The zero-order chi connectivity index (χ0) is 12.5. The average Bonchev–Trinajstić information content (AvgIpc) is 2.77. The van der Waals surface area contributed by atoms with Crippen LogP contribution >= 0.6 is 0 Å². The van der Waals surface area contributed by atoms with E-state index in [1.807, 2.05) is 42.1 Å². The third-order valence-corrected chi connectivity index (χ3v) is 3.39. The molecule has 0 saturated carbocycles. The molecule has 2 heterocycles. The number of Topliss-reactive ketones (excluding diaryl/α,β-unsaturated/α-hetero) is 1. The van der Waals surface area contributed by atoms with Crippen molar-refractivity contribution in [3.8, 4) is 0 Å². The van der Waals surface area contributed by atoms with Crippen LogP contribution in [0.5, 0.6) is 0 Å². The third kappa shape index (κ3) is 1.78. The fourth-order valence-corrected chi connectivity index (χ4v) is 2.42. The molecule has 0 N–H and O–H groups in total. The summed E-state index contributed by atoms with van der Waals surface area (Å²) in [5, 5.41) is 0. The highest BCUT2D eigenvalue weighted by Crippen LogP contribution is 2.26. The summed E-state index contributed by atoms with van der Waals surface area (Å²) in [5.74, 6) is 0.153. The molecule has 0 amide bonds. The molecular weight excluding hydrogens is 224 g/mol. The average molecular weight is 238 g/mol. The lowest BCUT2D eigenvalue weighted by Crippen LogP contribution is -2.14. The summed E-state index contributed by atoms with van der Waals surface area (Å²) in [4.78, 5) is 16.4. The van der Waals surface area contributed by atoms with E-state index in [-0.39, 0.29) is 5.78 Å². The normalized spacial score (nSPS) is 16.9. The first-order chi connectivity index (χ1) is 8.75. The Labute approximate surface area is 106 Å². The van der Waals surface area contributed by atoms with Gasteiger partial charge in [-0.3, -0.25) is 9.78 Å². The number of aromatic nitrogens is 2. The Kier molecular flexibility index (Phi) is 2.59. The molecule has 0 spiro atoms. The van der Waals surface area contributed by atoms with Gasteiger partial charge in [-0.25, -0.2) is 0 Å². The van der Waals surface area contributed by atoms with Crippen LogP contribution in [0.2, 0.25) is 0 Å². The van der Waals surface area contributed by atoms with Crippen molar-refractivity contribution in [2.24, 2.45) is 7.05 Å². The molecule has 90 valence electrons. The molecule has 18 heavy (non-hydrogen) atoms. The Morgan fingerprint density at radius 2 is 2.22 bits per heavy atom. The number of ketones is 1. The van der Waals surface area contributed by atoms with Gasteiger partial charge in [0.05, 0.1) is 0 Å². The van der Waals surface area contributed by atoms with Crippen molar-refractivity contribution in [3.63, 3.8) is 0 Å². The Morgan fingerprint density at radius 1 is 1.33 bits per heavy atom. The number of hydrogen-bond acceptors (Lipinski definition) is 2. The zero-order valence-corrected chi connectivity index (χ0v) is 10.3. The van der Waals surface area contributed by atoms with Crippen molar-refractivity contribution >= 4 is 11.9 Å². The van der Waals surface area contributed by atoms with Crippen LogP contribution < -0.4 is 0 Å². The number of fused-ring (bicyclic) bond motifs is 1. The van der Waals surface area contributed by atoms with Crippen LogP contribution in [-0.2, 0) is 13.5 Å². The van der Waals surface area contributed by atoms with Crippen LogP contribution in [0.3, 0.4) is 0 Å². The van der Waals surface area contributed by atoms with Gasteiger partial charge in [0.1, 0.15) is 0 Å². The monoisotopic (exact) mass is 238 g/mol. The quantitative estimate of drug-likeness (QED) is 0.716. The van der Waals surface area contributed by atoms with Crippen molar-refractivity contribution < 1.29 is 4.79 Å². The third-order valence-electron chi connectivity index (χ3n) is 3.39. The number of carbonyl (C=O) groups is 1. The van der Waals surface area contributed by atoms with E-state index in [2.05, 4.69) is 4.98 Å². The number of pyridine rings is 1. The fourth-order valence-electron chi connectivity index (χ4n) is 2.42. The Bertz CT molecular complexity index is 623. The van der Waals surface area contributed by atoms with E-state index in [9.17, 15) is 4.79 Å². The van der Waals surface area contributed by atoms with Gasteiger partial charge in [-0.05, 0) is 36.6 Å². The first-order valence-electron chi connectivity index (χ1n) is 6.05. The molecule has 0 fully saturated rings. The van der Waals surface area contributed by atoms with E-state index in [0.29, 0.717) is 0 Å². The van der Waals surface area contributed by atoms with Crippen LogP contribution in [0, 0.1) is 0 Å². The Morgan fingerprint density at radius 3 is 3.00 bits per heavy atom. The van der Waals surface area contributed by atoms with Crippen LogP contribution in [0.1, 0.15) is 28.0 Å².